The van der Waals surface area contributed by atoms with Gasteiger partial charge in [0, 0.05) is 5.69 Å². The number of ether oxygens (including phenoxy) is 1. The largest absolute Gasteiger partial charge is 0.465 e. The standard InChI is InChI=1S/C13H18N2O3/c1-13(2)15(12(16)17)11(8-18-13)7-9-3-5-10(14)6-4-9/h3-6,11H,7-8,14H2,1-2H3,(H,16,17)/t11-/m0/s1. The van der Waals surface area contributed by atoms with Crippen LogP contribution in [0.2, 0.25) is 0 Å². The molecule has 98 valence electrons. The fourth-order valence-electron chi connectivity index (χ4n) is 2.35. The second kappa shape index (κ2) is 4.49. The normalized spacial score (nSPS) is 22.1. The fraction of sp³-hybridized carbons (Fsp3) is 0.462. The fourth-order valence-corrected chi connectivity index (χ4v) is 2.35. The van der Waals surface area contributed by atoms with Crippen LogP contribution in [0.1, 0.15) is 19.4 Å². The van der Waals surface area contributed by atoms with Crippen LogP contribution >= 0.6 is 0 Å². The van der Waals surface area contributed by atoms with E-state index in [0.29, 0.717) is 18.7 Å². The molecule has 1 atom stereocenters. The predicted octanol–water partition coefficient (Wildman–Crippen LogP) is 1.93. The highest BCUT2D eigenvalue weighted by Crippen LogP contribution is 2.29. The molecule has 3 N–H and O–H groups in total. The van der Waals surface area contributed by atoms with E-state index in [4.69, 9.17) is 10.5 Å². The van der Waals surface area contributed by atoms with Gasteiger partial charge in [0.15, 0.2) is 0 Å². The van der Waals surface area contributed by atoms with Crippen molar-refractivity contribution in [2.45, 2.75) is 32.0 Å². The van der Waals surface area contributed by atoms with Crippen molar-refractivity contribution in [2.75, 3.05) is 12.3 Å². The molecule has 1 amide bonds. The summed E-state index contributed by atoms with van der Waals surface area (Å²) in [5.74, 6) is 0. The van der Waals surface area contributed by atoms with Crippen LogP contribution in [0.3, 0.4) is 0 Å². The summed E-state index contributed by atoms with van der Waals surface area (Å²) in [5.41, 5.74) is 6.63. The molecule has 0 aliphatic carbocycles. The number of nitrogens with two attached hydrogens (primary N) is 1. The number of carbonyl (C=O) groups is 1. The van der Waals surface area contributed by atoms with Crippen LogP contribution in [-0.2, 0) is 11.2 Å². The van der Waals surface area contributed by atoms with Gasteiger partial charge in [-0.25, -0.2) is 4.79 Å². The number of amides is 1. The average molecular weight is 250 g/mol. The summed E-state index contributed by atoms with van der Waals surface area (Å²) in [4.78, 5) is 12.7. The summed E-state index contributed by atoms with van der Waals surface area (Å²) in [6, 6.07) is 7.32. The van der Waals surface area contributed by atoms with E-state index in [1.807, 2.05) is 24.3 Å². The molecule has 1 aliphatic heterocycles. The van der Waals surface area contributed by atoms with Crippen LogP contribution in [-0.4, -0.2) is 34.5 Å². The number of rotatable bonds is 2. The highest BCUT2D eigenvalue weighted by Gasteiger charge is 2.43. The van der Waals surface area contributed by atoms with Crippen molar-refractivity contribution in [2.24, 2.45) is 0 Å². The lowest BCUT2D eigenvalue weighted by molar-refractivity contribution is -0.0419. The molecule has 1 aliphatic rings. The number of benzene rings is 1. The number of hydrogen-bond acceptors (Lipinski definition) is 3. The Morgan fingerprint density at radius 1 is 1.50 bits per heavy atom. The minimum Gasteiger partial charge on any atom is -0.465 e. The SMILES string of the molecule is CC1(C)OC[C@H](Cc2ccc(N)cc2)N1C(=O)O. The second-order valence-corrected chi connectivity index (χ2v) is 5.01. The Bertz CT molecular complexity index is 442. The number of nitrogen functional groups attached to an aromatic ring is 1. The van der Waals surface area contributed by atoms with E-state index in [9.17, 15) is 9.90 Å². The molecule has 18 heavy (non-hydrogen) atoms. The molecule has 1 fully saturated rings. The number of nitrogens with zero attached hydrogens (tertiary/aromatic N) is 1. The Hall–Kier alpha value is -1.75. The summed E-state index contributed by atoms with van der Waals surface area (Å²) in [6.45, 7) is 3.96. The zero-order valence-electron chi connectivity index (χ0n) is 10.6. The summed E-state index contributed by atoms with van der Waals surface area (Å²) in [6.07, 6.45) is -0.311. The third kappa shape index (κ3) is 2.41. The molecule has 1 heterocycles. The van der Waals surface area contributed by atoms with Gasteiger partial charge in [0.25, 0.3) is 0 Å². The van der Waals surface area contributed by atoms with E-state index in [2.05, 4.69) is 0 Å². The topological polar surface area (TPSA) is 75.8 Å². The van der Waals surface area contributed by atoms with E-state index < -0.39 is 11.8 Å². The van der Waals surface area contributed by atoms with Crippen molar-refractivity contribution < 1.29 is 14.6 Å². The Balaban J connectivity index is 2.14. The van der Waals surface area contributed by atoms with Gasteiger partial charge in [-0.2, -0.15) is 0 Å². The van der Waals surface area contributed by atoms with Gasteiger partial charge in [0.1, 0.15) is 5.72 Å². The van der Waals surface area contributed by atoms with Gasteiger partial charge in [0.2, 0.25) is 0 Å². The van der Waals surface area contributed by atoms with E-state index in [1.165, 1.54) is 4.90 Å². The molecule has 1 aromatic carbocycles. The molecule has 0 aromatic heterocycles. The molecular formula is C13H18N2O3. The van der Waals surface area contributed by atoms with Crippen molar-refractivity contribution in [3.8, 4) is 0 Å². The van der Waals surface area contributed by atoms with Crippen LogP contribution in [0.5, 0.6) is 0 Å². The highest BCUT2D eigenvalue weighted by atomic mass is 16.5. The Kier molecular flexibility index (Phi) is 3.17. The summed E-state index contributed by atoms with van der Waals surface area (Å²) < 4.78 is 5.54. The van der Waals surface area contributed by atoms with Crippen molar-refractivity contribution in [3.05, 3.63) is 29.8 Å². The van der Waals surface area contributed by atoms with Crippen LogP contribution in [0, 0.1) is 0 Å². The maximum atomic E-state index is 11.3. The monoisotopic (exact) mass is 250 g/mol. The lowest BCUT2D eigenvalue weighted by Gasteiger charge is -2.31. The van der Waals surface area contributed by atoms with E-state index in [1.54, 1.807) is 13.8 Å². The third-order valence-corrected chi connectivity index (χ3v) is 3.23. The smallest absolute Gasteiger partial charge is 0.409 e. The Morgan fingerprint density at radius 3 is 2.67 bits per heavy atom. The number of anilines is 1. The molecule has 0 saturated carbocycles. The number of hydrogen-bond donors (Lipinski definition) is 2. The molecule has 5 nitrogen and oxygen atoms in total. The summed E-state index contributed by atoms with van der Waals surface area (Å²) in [7, 11) is 0. The van der Waals surface area contributed by atoms with Crippen molar-refractivity contribution in [3.63, 3.8) is 0 Å². The first-order valence-electron chi connectivity index (χ1n) is 5.91. The van der Waals surface area contributed by atoms with Crippen LogP contribution in [0.15, 0.2) is 24.3 Å². The summed E-state index contributed by atoms with van der Waals surface area (Å²) in [5, 5.41) is 9.27. The molecule has 0 spiro atoms. The van der Waals surface area contributed by atoms with Gasteiger partial charge in [-0.05, 0) is 38.0 Å². The zero-order valence-corrected chi connectivity index (χ0v) is 10.6. The second-order valence-electron chi connectivity index (χ2n) is 5.01. The first-order chi connectivity index (χ1) is 8.40. The quantitative estimate of drug-likeness (QED) is 0.786. The van der Waals surface area contributed by atoms with Gasteiger partial charge in [0.05, 0.1) is 12.6 Å². The van der Waals surface area contributed by atoms with Crippen molar-refractivity contribution in [1.29, 1.82) is 0 Å². The Labute approximate surface area is 106 Å². The van der Waals surface area contributed by atoms with E-state index in [0.717, 1.165) is 5.56 Å². The maximum absolute atomic E-state index is 11.3. The van der Waals surface area contributed by atoms with Crippen LogP contribution in [0.25, 0.3) is 0 Å². The van der Waals surface area contributed by atoms with Gasteiger partial charge in [-0.1, -0.05) is 12.1 Å². The van der Waals surface area contributed by atoms with E-state index >= 15 is 0 Å². The first-order valence-corrected chi connectivity index (χ1v) is 5.91. The lowest BCUT2D eigenvalue weighted by atomic mass is 10.0. The maximum Gasteiger partial charge on any atom is 0.409 e. The van der Waals surface area contributed by atoms with E-state index in [-0.39, 0.29) is 6.04 Å². The molecule has 0 unspecified atom stereocenters. The zero-order chi connectivity index (χ0) is 13.3. The van der Waals surface area contributed by atoms with Gasteiger partial charge >= 0.3 is 6.09 Å². The number of carboxylic acid groups (broad SMARTS) is 1. The minimum absolute atomic E-state index is 0.152. The molecule has 5 heteroatoms. The molecule has 1 saturated heterocycles. The van der Waals surface area contributed by atoms with Gasteiger partial charge in [-0.15, -0.1) is 0 Å². The first kappa shape index (κ1) is 12.7. The Morgan fingerprint density at radius 2 is 2.11 bits per heavy atom. The van der Waals surface area contributed by atoms with Crippen LogP contribution < -0.4 is 5.73 Å². The van der Waals surface area contributed by atoms with Crippen molar-refractivity contribution in [1.82, 2.24) is 4.90 Å². The molecule has 0 bridgehead atoms. The molecule has 0 radical (unpaired) electrons. The molecule has 1 aromatic rings. The minimum atomic E-state index is -0.946. The highest BCUT2D eigenvalue weighted by molar-refractivity contribution is 5.66. The average Bonchev–Trinajstić information content (AvgIpc) is 2.57. The lowest BCUT2D eigenvalue weighted by Crippen LogP contribution is -2.47. The van der Waals surface area contributed by atoms with Gasteiger partial charge in [-0.3, -0.25) is 4.90 Å². The predicted molar refractivity (Wildman–Crippen MR) is 68.2 cm³/mol. The van der Waals surface area contributed by atoms with Crippen LogP contribution in [0.4, 0.5) is 10.5 Å². The third-order valence-electron chi connectivity index (χ3n) is 3.23. The molecule has 2 rings (SSSR count). The van der Waals surface area contributed by atoms with Crippen molar-refractivity contribution >= 4 is 11.8 Å². The molecular weight excluding hydrogens is 232 g/mol. The summed E-state index contributed by atoms with van der Waals surface area (Å²) >= 11 is 0. The van der Waals surface area contributed by atoms with Gasteiger partial charge < -0.3 is 15.6 Å².